The summed E-state index contributed by atoms with van der Waals surface area (Å²) < 4.78 is 4.16. The van der Waals surface area contributed by atoms with Crippen LogP contribution in [0.1, 0.15) is 18.5 Å². The molecule has 4 heterocycles. The molecule has 33 heavy (non-hydrogen) atoms. The molecule has 4 N–H and O–H groups in total. The Labute approximate surface area is 224 Å². The van der Waals surface area contributed by atoms with E-state index < -0.39 is 28.0 Å². The van der Waals surface area contributed by atoms with E-state index in [1.165, 1.54) is 33.8 Å². The van der Waals surface area contributed by atoms with Gasteiger partial charge < -0.3 is 35.8 Å². The summed E-state index contributed by atoms with van der Waals surface area (Å²) in [5, 5.41) is 28.1. The second kappa shape index (κ2) is 11.1. The molecule has 0 aliphatic carbocycles. The second-order valence-electron chi connectivity index (χ2n) is 7.79. The molecule has 2 amide bonds. The van der Waals surface area contributed by atoms with Gasteiger partial charge in [0.1, 0.15) is 17.1 Å². The number of amides is 2. The number of aromatic nitrogens is 1. The largest absolute Gasteiger partial charge is 1.00 e. The first-order valence-corrected chi connectivity index (χ1v) is 12.9. The van der Waals surface area contributed by atoms with E-state index in [1.807, 2.05) is 0 Å². The van der Waals surface area contributed by atoms with Gasteiger partial charge in [-0.1, -0.05) is 5.16 Å². The number of β-lactam (4-membered cyclic amide) rings is 1. The number of carboxylic acid groups (broad SMARTS) is 1. The Hall–Kier alpha value is -1.03. The van der Waals surface area contributed by atoms with Crippen LogP contribution in [0.2, 0.25) is 0 Å². The summed E-state index contributed by atoms with van der Waals surface area (Å²) in [6.07, 6.45) is 1.78. The number of carboxylic acids is 1. The molecule has 0 spiro atoms. The Morgan fingerprint density at radius 2 is 2.18 bits per heavy atom. The third-order valence-electron chi connectivity index (χ3n) is 5.73. The van der Waals surface area contributed by atoms with E-state index in [1.54, 1.807) is 0 Å². The number of carbonyl (C=O) groups is 3. The van der Waals surface area contributed by atoms with E-state index in [9.17, 15) is 24.7 Å². The zero-order valence-corrected chi connectivity index (χ0v) is 22.3. The van der Waals surface area contributed by atoms with Crippen molar-refractivity contribution < 1.29 is 59.0 Å². The van der Waals surface area contributed by atoms with Crippen molar-refractivity contribution in [3.63, 3.8) is 0 Å². The van der Waals surface area contributed by atoms with Crippen molar-refractivity contribution in [1.82, 2.24) is 15.2 Å². The number of aliphatic carboxylic acids is 1. The van der Waals surface area contributed by atoms with E-state index in [2.05, 4.69) is 15.5 Å². The third kappa shape index (κ3) is 5.46. The molecule has 3 aliphatic rings. The van der Waals surface area contributed by atoms with E-state index in [0.29, 0.717) is 24.9 Å². The maximum absolute atomic E-state index is 12.7. The van der Waals surface area contributed by atoms with Gasteiger partial charge in [0.25, 0.3) is 5.91 Å². The summed E-state index contributed by atoms with van der Waals surface area (Å²) in [5.74, 6) is -1.03. The van der Waals surface area contributed by atoms with Gasteiger partial charge >= 0.3 is 29.6 Å². The molecule has 174 valence electrons. The summed E-state index contributed by atoms with van der Waals surface area (Å²) in [5.41, 5.74) is 5.31. The zero-order chi connectivity index (χ0) is 22.9. The molecule has 0 bridgehead atoms. The van der Waals surface area contributed by atoms with Crippen molar-refractivity contribution in [3.05, 3.63) is 11.1 Å². The van der Waals surface area contributed by atoms with Crippen molar-refractivity contribution in [2.75, 3.05) is 37.0 Å². The van der Waals surface area contributed by atoms with Gasteiger partial charge in [-0.25, -0.2) is 4.98 Å². The summed E-state index contributed by atoms with van der Waals surface area (Å²) in [4.78, 5) is 42.7. The minimum Gasteiger partial charge on any atom is -0.549 e. The van der Waals surface area contributed by atoms with E-state index in [-0.39, 0.29) is 64.3 Å². The van der Waals surface area contributed by atoms with Crippen molar-refractivity contribution in [1.29, 1.82) is 0 Å². The Balaban J connectivity index is 0.00000306. The van der Waals surface area contributed by atoms with Crippen LogP contribution in [-0.4, -0.2) is 86.0 Å². The average Bonchev–Trinajstić information content (AvgIpc) is 3.22. The number of nitrogens with zero attached hydrogens (tertiary/aromatic N) is 3. The first-order valence-electron chi connectivity index (χ1n) is 9.94. The molecule has 0 radical (unpaired) electrons. The van der Waals surface area contributed by atoms with Gasteiger partial charge in [-0.15, -0.1) is 34.9 Å². The van der Waals surface area contributed by atoms with Crippen LogP contribution in [0.25, 0.3) is 0 Å². The summed E-state index contributed by atoms with van der Waals surface area (Å²) in [6, 6.07) is -0.847. The number of anilines is 1. The summed E-state index contributed by atoms with van der Waals surface area (Å²) >= 11 is 3.71. The molecule has 4 rings (SSSR count). The van der Waals surface area contributed by atoms with Crippen LogP contribution in [0.4, 0.5) is 5.13 Å². The first kappa shape index (κ1) is 26.6. The van der Waals surface area contributed by atoms with Crippen molar-refractivity contribution in [2.24, 2.45) is 11.1 Å². The molecule has 3 fully saturated rings. The molecule has 1 aromatic heterocycles. The van der Waals surface area contributed by atoms with Gasteiger partial charge in [0.05, 0.1) is 10.7 Å². The van der Waals surface area contributed by atoms with Crippen LogP contribution in [0.3, 0.4) is 0 Å². The fourth-order valence-corrected chi connectivity index (χ4v) is 7.54. The number of thiazole rings is 1. The first-order chi connectivity index (χ1) is 15.3. The molecular weight excluding hydrogens is 501 g/mol. The smallest absolute Gasteiger partial charge is 0.549 e. The van der Waals surface area contributed by atoms with E-state index >= 15 is 0 Å². The van der Waals surface area contributed by atoms with Crippen molar-refractivity contribution in [2.45, 2.75) is 29.0 Å². The average molecular weight is 524 g/mol. The summed E-state index contributed by atoms with van der Waals surface area (Å²) in [7, 11) is 0. The number of nitrogens with two attached hydrogens (primary N) is 1. The fraction of sp³-hybridized carbons (Fsp3) is 0.611. The van der Waals surface area contributed by atoms with Gasteiger partial charge in [0.15, 0.2) is 10.8 Å². The molecule has 15 heteroatoms. The minimum atomic E-state index is -1.19. The SMILES string of the molecule is Nc1nc(C(=NO)C(=O)NC2C(=O)N3CC(SCC4CCOCC4)(C(=O)[O-])CS[C@H]23)cs1.[Na+]. The van der Waals surface area contributed by atoms with Crippen LogP contribution in [-0.2, 0) is 19.1 Å². The Morgan fingerprint density at radius 3 is 2.79 bits per heavy atom. The number of hydrogen-bond donors (Lipinski definition) is 3. The van der Waals surface area contributed by atoms with Crippen molar-refractivity contribution in [3.8, 4) is 0 Å². The Morgan fingerprint density at radius 1 is 1.45 bits per heavy atom. The maximum Gasteiger partial charge on any atom is 1.00 e. The number of nitrogen functional groups attached to an aromatic ring is 1. The predicted molar refractivity (Wildman–Crippen MR) is 118 cm³/mol. The Bertz CT molecular complexity index is 942. The van der Waals surface area contributed by atoms with Crippen LogP contribution >= 0.6 is 34.9 Å². The van der Waals surface area contributed by atoms with Gasteiger partial charge in [0, 0.05) is 30.9 Å². The number of thioether (sulfide) groups is 2. The molecule has 11 nitrogen and oxygen atoms in total. The number of carbonyl (C=O) groups excluding carboxylic acids is 3. The molecule has 3 atom stereocenters. The second-order valence-corrected chi connectivity index (χ2v) is 11.2. The van der Waals surface area contributed by atoms with Gasteiger partial charge in [-0.3, -0.25) is 9.59 Å². The van der Waals surface area contributed by atoms with Crippen LogP contribution in [0.5, 0.6) is 0 Å². The summed E-state index contributed by atoms with van der Waals surface area (Å²) in [6.45, 7) is 1.38. The maximum atomic E-state index is 12.7. The number of oxime groups is 1. The number of rotatable bonds is 7. The third-order valence-corrected chi connectivity index (χ3v) is 9.74. The number of hydrogen-bond acceptors (Lipinski definition) is 12. The van der Waals surface area contributed by atoms with E-state index in [4.69, 9.17) is 10.5 Å². The van der Waals surface area contributed by atoms with Crippen molar-refractivity contribution >= 4 is 63.5 Å². The molecule has 3 aliphatic heterocycles. The molecule has 0 aromatic carbocycles. The monoisotopic (exact) mass is 523 g/mol. The Kier molecular flexibility index (Phi) is 8.97. The van der Waals surface area contributed by atoms with E-state index in [0.717, 1.165) is 24.2 Å². The molecule has 0 saturated carbocycles. The quantitative estimate of drug-likeness (QED) is 0.105. The predicted octanol–water partition coefficient (Wildman–Crippen LogP) is -4.04. The van der Waals surface area contributed by atoms with Crippen LogP contribution in [0.15, 0.2) is 10.5 Å². The molecule has 3 saturated heterocycles. The molecular formula is C18H22N5NaO6S3. The van der Waals surface area contributed by atoms with Crippen LogP contribution < -0.4 is 45.7 Å². The van der Waals surface area contributed by atoms with Gasteiger partial charge in [-0.2, -0.15) is 0 Å². The molecule has 2 unspecified atom stereocenters. The topological polar surface area (TPSA) is 170 Å². The standard InChI is InChI=1S/C18H23N5O6S3.Na/c19-17-20-10(6-30-17)11(22-28)13(24)21-12-14(25)23-7-18(16(26)27,8-31-15(12)23)32-5-9-1-3-29-4-2-9;/h6,9,12,15,28H,1-5,7-8H2,(H2,19,20)(H,21,24)(H,26,27);/q;+1/p-1/t12?,15-,18?;/m1./s1. The normalized spacial score (nSPS) is 27.8. The number of nitrogens with one attached hydrogen (secondary N) is 1. The molecule has 1 aromatic rings. The van der Waals surface area contributed by atoms with Gasteiger partial charge in [0.2, 0.25) is 5.91 Å². The minimum absolute atomic E-state index is 0. The fourth-order valence-electron chi connectivity index (χ4n) is 3.83. The number of fused-ring (bicyclic) bond motifs is 1. The van der Waals surface area contributed by atoms with Crippen LogP contribution in [0, 0.1) is 5.92 Å². The number of ether oxygens (including phenoxy) is 1. The van der Waals surface area contributed by atoms with Gasteiger partial charge in [-0.05, 0) is 24.5 Å². The zero-order valence-electron chi connectivity index (χ0n) is 17.9.